The monoisotopic (exact) mass is 1850 g/mol. The second-order valence-corrected chi connectivity index (χ2v) is 34.5. The number of ether oxygens (including phenoxy) is 6. The molecule has 9 heterocycles. The molecule has 6 aromatic carbocycles. The van der Waals surface area contributed by atoms with Gasteiger partial charge in [-0.05, 0) is 190 Å². The molecule has 135 heavy (non-hydrogen) atoms. The Balaban J connectivity index is 0.000000191. The number of nitrogens with two attached hydrogens (primary N) is 5. The van der Waals surface area contributed by atoms with Gasteiger partial charge in [-0.25, -0.2) is 44.3 Å². The van der Waals surface area contributed by atoms with Crippen LogP contribution in [0.3, 0.4) is 0 Å². The second-order valence-electron chi connectivity index (χ2n) is 34.5. The summed E-state index contributed by atoms with van der Waals surface area (Å²) >= 11 is 0. The molecule has 704 valence electrons. The topological polar surface area (TPSA) is 522 Å². The number of carbonyl (C=O) groups excluding carboxylic acids is 5. The number of likely N-dealkylation sites (tertiary alicyclic amines) is 3. The molecule has 3 saturated heterocycles. The number of aromatic nitrogens is 9. The minimum Gasteiger partial charge on any atom is -0.870 e. The Bertz CT molecular complexity index is 6180. The maximum absolute atomic E-state index is 13.0. The molecule has 12 aromatic rings. The Morgan fingerprint density at radius 1 is 0.474 bits per heavy atom. The fraction of sp³-hybridized carbons (Fsp3) is 0.337. The number of nitrogen functional groups attached to an aromatic ring is 3. The van der Waals surface area contributed by atoms with E-state index in [1.807, 2.05) is 228 Å². The van der Waals surface area contributed by atoms with Crippen molar-refractivity contribution in [1.82, 2.24) is 68.1 Å². The van der Waals surface area contributed by atoms with Crippen molar-refractivity contribution in [3.63, 3.8) is 0 Å². The number of amides is 5. The quantitative estimate of drug-likeness (QED) is 0.0218. The van der Waals surface area contributed by atoms with Gasteiger partial charge < -0.3 is 107 Å². The van der Waals surface area contributed by atoms with Crippen molar-refractivity contribution < 1.29 is 108 Å². The molecule has 15 N–H and O–H groups in total. The van der Waals surface area contributed by atoms with Gasteiger partial charge in [-0.15, -0.1) is 0 Å². The van der Waals surface area contributed by atoms with E-state index in [1.54, 1.807) is 38.5 Å². The van der Waals surface area contributed by atoms with Crippen LogP contribution in [0.5, 0.6) is 34.5 Å². The van der Waals surface area contributed by atoms with Crippen LogP contribution in [0.1, 0.15) is 131 Å². The van der Waals surface area contributed by atoms with E-state index in [9.17, 15) is 34.0 Å². The predicted molar refractivity (Wildman–Crippen MR) is 508 cm³/mol. The Labute approximate surface area is 804 Å². The van der Waals surface area contributed by atoms with Crippen molar-refractivity contribution in [2.45, 2.75) is 128 Å². The number of likely N-dealkylation sites (N-methyl/N-ethyl adjacent to an activating group) is 2. The van der Waals surface area contributed by atoms with Gasteiger partial charge >= 0.3 is 47.7 Å². The number of aliphatic hydroxyl groups excluding tert-OH is 1. The zero-order valence-electron chi connectivity index (χ0n) is 77.4. The summed E-state index contributed by atoms with van der Waals surface area (Å²) in [5.74, 6) is 2.76. The second kappa shape index (κ2) is 46.7. The van der Waals surface area contributed by atoms with Gasteiger partial charge in [-0.1, -0.05) is 103 Å². The SMILES string of the molecule is CC(C)(C)OC(=O)N1CC[C@@H](n2c(C#N)c(-c3ccc(Oc4ccccc4)cc3)c3c(N)ncnc32)C1.CC(C)(C)OC(=O)N1CC[C@@H](n2c(C(N)=O)c(-c3ccc(Oc4ccccc4)cc3)c3c(N)ncnc32)C1.CN(C/C=C/C(=O)N1CC[C@@H](n2c(C(N)=O)c(-c3ccc(Oc4ccccc4)cc3)c3c(N)ncnc32)C1)C1CC1.CN(C/C=C/C(=O)O)C1CC1.COCCO.O.[Na+].[OH-]. The number of nitriles is 1. The van der Waals surface area contributed by atoms with Gasteiger partial charge in [0.25, 0.3) is 11.8 Å². The number of fused-ring (bicyclic) bond motifs is 3. The Kier molecular flexibility index (Phi) is 35.7. The predicted octanol–water partition coefficient (Wildman–Crippen LogP) is 10.6. The number of hydrogen-bond donors (Lipinski definition) is 7. The van der Waals surface area contributed by atoms with Gasteiger partial charge in [0.2, 0.25) is 5.91 Å². The largest absolute Gasteiger partial charge is 1.00 e. The minimum absolute atomic E-state index is 0. The van der Waals surface area contributed by atoms with Gasteiger partial charge in [0, 0.05) is 100 Å². The van der Waals surface area contributed by atoms with Crippen LogP contribution in [0, 0.1) is 11.3 Å². The minimum atomic E-state index is -0.866. The molecule has 3 aliphatic heterocycles. The van der Waals surface area contributed by atoms with Gasteiger partial charge in [0.05, 0.1) is 47.5 Å². The van der Waals surface area contributed by atoms with Crippen molar-refractivity contribution in [3.8, 4) is 73.9 Å². The number of para-hydroxylation sites is 3. The number of carbonyl (C=O) groups is 6. The first-order valence-electron chi connectivity index (χ1n) is 43.6. The molecule has 37 heteroatoms. The summed E-state index contributed by atoms with van der Waals surface area (Å²) in [7, 11) is 5.65. The molecule has 6 aromatic heterocycles. The third kappa shape index (κ3) is 26.2. The number of carboxylic acid groups (broad SMARTS) is 1. The Hall–Kier alpha value is -13.9. The molecule has 2 saturated carbocycles. The number of rotatable bonds is 24. The van der Waals surface area contributed by atoms with Gasteiger partial charge in [-0.3, -0.25) is 24.2 Å². The third-order valence-electron chi connectivity index (χ3n) is 22.5. The van der Waals surface area contributed by atoms with Gasteiger partial charge in [-0.2, -0.15) is 5.26 Å². The zero-order valence-corrected chi connectivity index (χ0v) is 79.4. The number of primary amides is 2. The molecule has 0 spiro atoms. The van der Waals surface area contributed by atoms with E-state index >= 15 is 0 Å². The number of benzene rings is 6. The summed E-state index contributed by atoms with van der Waals surface area (Å²) in [6, 6.07) is 53.8. The van der Waals surface area contributed by atoms with Crippen molar-refractivity contribution in [2.24, 2.45) is 11.5 Å². The van der Waals surface area contributed by atoms with Gasteiger partial charge in [0.1, 0.15) is 122 Å². The Morgan fingerprint density at radius 3 is 1.11 bits per heavy atom. The van der Waals surface area contributed by atoms with Crippen molar-refractivity contribution in [3.05, 3.63) is 224 Å². The summed E-state index contributed by atoms with van der Waals surface area (Å²) in [5.41, 5.74) is 36.4. The number of carboxylic acids is 1. The molecule has 5 aliphatic rings. The van der Waals surface area contributed by atoms with Crippen LogP contribution >= 0.6 is 0 Å². The molecular weight excluding hydrogens is 1740 g/mol. The molecule has 36 nitrogen and oxygen atoms in total. The van der Waals surface area contributed by atoms with Crippen LogP contribution in [0.2, 0.25) is 0 Å². The summed E-state index contributed by atoms with van der Waals surface area (Å²) in [5, 5.41) is 28.2. The molecule has 0 bridgehead atoms. The third-order valence-corrected chi connectivity index (χ3v) is 22.5. The zero-order chi connectivity index (χ0) is 94.1. The number of aliphatic carboxylic acids is 1. The molecule has 0 radical (unpaired) electrons. The van der Waals surface area contributed by atoms with Crippen LogP contribution < -0.4 is 72.4 Å². The fourth-order valence-corrected chi connectivity index (χ4v) is 16.1. The summed E-state index contributed by atoms with van der Waals surface area (Å²) in [4.78, 5) is 110. The average molecular weight is 1850 g/mol. The van der Waals surface area contributed by atoms with E-state index in [4.69, 9.17) is 62.6 Å². The number of methoxy groups -OCH3 is 1. The first kappa shape index (κ1) is 103. The van der Waals surface area contributed by atoms with Crippen molar-refractivity contribution in [1.29, 1.82) is 5.26 Å². The standard InChI is InChI=1S/C31H33N7O3.C28H30N6O4.C28H28N6O3.C8H13NO2.C3H8O2.Na.2H2O/c1-36(21-11-12-21)16-5-8-25(39)37-17-15-22(18-37)38-28(30(33)40)26(27-29(32)34-19-35-31(27)38)20-9-13-24(14-10-20)41-23-6-3-2-4-7-23;1-28(2,3)38-27(36)33-14-13-18(15-33)34-23(25(30)35)21(22-24(29)31-16-32-26(22)34)17-9-11-20(12-10-17)37-19-7-5-4-6-8-19;1-28(2,3)37-27(35)33-14-13-19(16-33)34-22(15-29)23(24-25(30)31-17-32-26(24)34)18-9-11-21(12-10-18)36-20-7-5-4-6-8-20;1-9(7-4-5-7)6-2-3-8(10)11;1-5-3-2-4;;;/h2-10,13-14,19,21-22H,11-12,15-18H2,1H3,(H2,33,40)(H2,32,34,35);4-12,16,18H,13-15H2,1-3H3,(H2,30,35)(H2,29,31,32);4-12,17,19H,13-14,16H2,1-3H3,(H2,30,31,32);2-3,7H,4-6H2,1H3,(H,10,11);4H,2-3H2,1H3;;2*1H2/q;;;;;+1;;/p-1/b8-5+;;;3-2+;;;;/t22-;18-;19-;;;;;/m111...../s1. The van der Waals surface area contributed by atoms with Crippen LogP contribution in [0.4, 0.5) is 27.0 Å². The summed E-state index contributed by atoms with van der Waals surface area (Å²) in [6.07, 6.45) is 16.7. The maximum Gasteiger partial charge on any atom is 1.00 e. The molecule has 5 amide bonds. The molecular formula is C98H115N20NaO16. The normalized spacial score (nSPS) is 15.6. The first-order valence-corrected chi connectivity index (χ1v) is 43.6. The van der Waals surface area contributed by atoms with Gasteiger partial charge in [0.15, 0.2) is 0 Å². The Morgan fingerprint density at radius 2 is 0.793 bits per heavy atom. The summed E-state index contributed by atoms with van der Waals surface area (Å²) < 4.78 is 38.9. The van der Waals surface area contributed by atoms with E-state index < -0.39 is 35.1 Å². The van der Waals surface area contributed by atoms with E-state index in [2.05, 4.69) is 57.6 Å². The van der Waals surface area contributed by atoms with Crippen LogP contribution in [0.15, 0.2) is 207 Å². The summed E-state index contributed by atoms with van der Waals surface area (Å²) in [6.45, 7) is 15.8. The molecule has 2 aliphatic carbocycles. The van der Waals surface area contributed by atoms with E-state index in [-0.39, 0.29) is 94.6 Å². The maximum atomic E-state index is 13.0. The van der Waals surface area contributed by atoms with E-state index in [0.29, 0.717) is 173 Å². The van der Waals surface area contributed by atoms with Crippen molar-refractivity contribution >= 4 is 86.4 Å². The van der Waals surface area contributed by atoms with E-state index in [1.165, 1.54) is 50.7 Å². The smallest absolute Gasteiger partial charge is 0.870 e. The number of hydrogen-bond acceptors (Lipinski definition) is 26. The van der Waals surface area contributed by atoms with E-state index in [0.717, 1.165) is 35.7 Å². The molecule has 0 unspecified atom stereocenters. The van der Waals surface area contributed by atoms with Crippen LogP contribution in [-0.2, 0) is 23.8 Å². The van der Waals surface area contributed by atoms with Crippen LogP contribution in [-0.4, -0.2) is 235 Å². The molecule has 5 fully saturated rings. The average Bonchev–Trinajstić information content (AvgIpc) is 1.59. The fourth-order valence-electron chi connectivity index (χ4n) is 16.1. The molecule has 3 atom stereocenters. The number of aliphatic hydroxyl groups is 1. The number of anilines is 3. The first-order chi connectivity index (χ1) is 63.4. The number of nitrogens with zero attached hydrogens (tertiary/aromatic N) is 15. The van der Waals surface area contributed by atoms with Crippen LogP contribution in [0.25, 0.3) is 66.5 Å². The molecule has 17 rings (SSSR count). The van der Waals surface area contributed by atoms with Crippen molar-refractivity contribution in [2.75, 3.05) is 104 Å².